The summed E-state index contributed by atoms with van der Waals surface area (Å²) >= 11 is 0. The normalized spacial score (nSPS) is 22.3. The number of carbonyl (C=O) groups excluding carboxylic acids is 2. The van der Waals surface area contributed by atoms with Gasteiger partial charge in [0.25, 0.3) is 5.91 Å². The molecule has 2 amide bonds. The van der Waals surface area contributed by atoms with E-state index in [9.17, 15) is 9.59 Å². The van der Waals surface area contributed by atoms with E-state index in [1.165, 1.54) is 12.8 Å². The van der Waals surface area contributed by atoms with Gasteiger partial charge in [0.15, 0.2) is 0 Å². The van der Waals surface area contributed by atoms with Crippen LogP contribution in [0.1, 0.15) is 55.9 Å². The number of ether oxygens (including phenoxy) is 2. The summed E-state index contributed by atoms with van der Waals surface area (Å²) in [4.78, 5) is 28.9. The zero-order valence-corrected chi connectivity index (χ0v) is 18.8. The van der Waals surface area contributed by atoms with E-state index in [0.29, 0.717) is 25.4 Å². The Morgan fingerprint density at radius 3 is 2.58 bits per heavy atom. The average molecular weight is 428 g/mol. The molecule has 0 bridgehead atoms. The lowest BCUT2D eigenvalue weighted by Crippen LogP contribution is -2.65. The highest BCUT2D eigenvalue weighted by atomic mass is 16.5. The molecule has 7 heteroatoms. The first-order valence-corrected chi connectivity index (χ1v) is 11.3. The molecule has 4 rings (SSSR count). The minimum absolute atomic E-state index is 0.0840. The standard InChI is InChI=1S/C24H33N3O4/c1-24(23(29)25-18-8-6-4-5-7-9-18)16-26-20-15-19(31-3)11-10-17(20)14-21(26)22(28)27(24)12-13-30-2/h10-11,14-15,18H,4-9,12-13,16H2,1-3H3,(H,25,29)/t24-/m1/s1. The van der Waals surface area contributed by atoms with Crippen LogP contribution in [0.25, 0.3) is 10.9 Å². The van der Waals surface area contributed by atoms with Crippen molar-refractivity contribution in [3.05, 3.63) is 30.0 Å². The Morgan fingerprint density at radius 1 is 1.16 bits per heavy atom. The van der Waals surface area contributed by atoms with Crippen LogP contribution in [-0.4, -0.2) is 60.2 Å². The van der Waals surface area contributed by atoms with E-state index in [-0.39, 0.29) is 17.9 Å². The third kappa shape index (κ3) is 4.03. The summed E-state index contributed by atoms with van der Waals surface area (Å²) in [6.07, 6.45) is 6.73. The zero-order chi connectivity index (χ0) is 22.0. The van der Waals surface area contributed by atoms with Gasteiger partial charge in [-0.3, -0.25) is 9.59 Å². The van der Waals surface area contributed by atoms with E-state index >= 15 is 0 Å². The van der Waals surface area contributed by atoms with Crippen molar-refractivity contribution in [1.82, 2.24) is 14.8 Å². The maximum atomic E-state index is 13.6. The van der Waals surface area contributed by atoms with Crippen molar-refractivity contribution < 1.29 is 19.1 Å². The van der Waals surface area contributed by atoms with Gasteiger partial charge in [-0.05, 0) is 38.0 Å². The first-order valence-electron chi connectivity index (χ1n) is 11.3. The number of hydrogen-bond donors (Lipinski definition) is 1. The fraction of sp³-hybridized carbons (Fsp3) is 0.583. The van der Waals surface area contributed by atoms with E-state index in [2.05, 4.69) is 5.32 Å². The van der Waals surface area contributed by atoms with Gasteiger partial charge in [-0.2, -0.15) is 0 Å². The Bertz CT molecular complexity index is 961. The molecule has 1 fully saturated rings. The van der Waals surface area contributed by atoms with Gasteiger partial charge in [-0.25, -0.2) is 0 Å². The highest BCUT2D eigenvalue weighted by Crippen LogP contribution is 2.34. The van der Waals surface area contributed by atoms with Crippen molar-refractivity contribution in [3.8, 4) is 5.75 Å². The first-order chi connectivity index (χ1) is 15.0. The maximum absolute atomic E-state index is 13.6. The number of amides is 2. The highest BCUT2D eigenvalue weighted by Gasteiger charge is 2.47. The van der Waals surface area contributed by atoms with Gasteiger partial charge in [0, 0.05) is 31.1 Å². The van der Waals surface area contributed by atoms with E-state index in [1.807, 2.05) is 35.8 Å². The Labute approximate surface area is 183 Å². The predicted molar refractivity (Wildman–Crippen MR) is 119 cm³/mol. The molecule has 0 unspecified atom stereocenters. The second-order valence-electron chi connectivity index (χ2n) is 8.93. The average Bonchev–Trinajstić information content (AvgIpc) is 2.93. The molecule has 2 heterocycles. The van der Waals surface area contributed by atoms with Gasteiger partial charge in [-0.15, -0.1) is 0 Å². The number of nitrogens with one attached hydrogen (secondary N) is 1. The molecule has 1 aromatic carbocycles. The Kier molecular flexibility index (Phi) is 6.23. The molecule has 0 radical (unpaired) electrons. The summed E-state index contributed by atoms with van der Waals surface area (Å²) in [5.74, 6) is 0.503. The molecule has 1 aliphatic heterocycles. The largest absolute Gasteiger partial charge is 0.497 e. The van der Waals surface area contributed by atoms with Crippen LogP contribution in [0.3, 0.4) is 0 Å². The number of benzene rings is 1. The molecule has 0 spiro atoms. The van der Waals surface area contributed by atoms with E-state index in [0.717, 1.165) is 42.3 Å². The van der Waals surface area contributed by atoms with Gasteiger partial charge in [0.2, 0.25) is 5.91 Å². The van der Waals surface area contributed by atoms with E-state index in [1.54, 1.807) is 19.1 Å². The monoisotopic (exact) mass is 427 g/mol. The van der Waals surface area contributed by atoms with Crippen molar-refractivity contribution in [1.29, 1.82) is 0 Å². The van der Waals surface area contributed by atoms with Gasteiger partial charge < -0.3 is 24.3 Å². The first kappa shape index (κ1) is 21.7. The molecule has 1 aliphatic carbocycles. The van der Waals surface area contributed by atoms with Crippen LogP contribution in [0.4, 0.5) is 0 Å². The molecular formula is C24H33N3O4. The molecule has 31 heavy (non-hydrogen) atoms. The van der Waals surface area contributed by atoms with Crippen molar-refractivity contribution in [2.45, 2.75) is 63.6 Å². The third-order valence-electron chi connectivity index (χ3n) is 6.84. The summed E-state index contributed by atoms with van der Waals surface area (Å²) < 4.78 is 12.6. The summed E-state index contributed by atoms with van der Waals surface area (Å²) in [6.45, 7) is 3.02. The molecule has 2 aliphatic rings. The third-order valence-corrected chi connectivity index (χ3v) is 6.84. The fourth-order valence-electron chi connectivity index (χ4n) is 4.95. The van der Waals surface area contributed by atoms with Crippen molar-refractivity contribution in [2.75, 3.05) is 27.4 Å². The van der Waals surface area contributed by atoms with Gasteiger partial charge in [0.05, 0.1) is 25.8 Å². The van der Waals surface area contributed by atoms with Crippen molar-refractivity contribution >= 4 is 22.7 Å². The Balaban J connectivity index is 1.71. The zero-order valence-electron chi connectivity index (χ0n) is 18.8. The van der Waals surface area contributed by atoms with Gasteiger partial charge in [-0.1, -0.05) is 25.7 Å². The second kappa shape index (κ2) is 8.91. The molecule has 2 aromatic rings. The van der Waals surface area contributed by atoms with Crippen LogP contribution in [0, 0.1) is 0 Å². The molecule has 1 N–H and O–H groups in total. The van der Waals surface area contributed by atoms with Crippen LogP contribution in [0.2, 0.25) is 0 Å². The second-order valence-corrected chi connectivity index (χ2v) is 8.93. The quantitative estimate of drug-likeness (QED) is 0.718. The van der Waals surface area contributed by atoms with Crippen LogP contribution in [0.5, 0.6) is 5.75 Å². The molecule has 1 aromatic heterocycles. The molecular weight excluding hydrogens is 394 g/mol. The van der Waals surface area contributed by atoms with Crippen molar-refractivity contribution in [2.24, 2.45) is 0 Å². The number of fused-ring (bicyclic) bond motifs is 3. The summed E-state index contributed by atoms with van der Waals surface area (Å²) in [7, 11) is 3.24. The number of methoxy groups -OCH3 is 2. The maximum Gasteiger partial charge on any atom is 0.271 e. The van der Waals surface area contributed by atoms with Gasteiger partial charge in [0.1, 0.15) is 17.0 Å². The molecule has 168 valence electrons. The molecule has 0 saturated heterocycles. The Morgan fingerprint density at radius 2 is 1.90 bits per heavy atom. The minimum Gasteiger partial charge on any atom is -0.497 e. The summed E-state index contributed by atoms with van der Waals surface area (Å²) in [5.41, 5.74) is 0.505. The summed E-state index contributed by atoms with van der Waals surface area (Å²) in [5, 5.41) is 4.24. The van der Waals surface area contributed by atoms with Crippen molar-refractivity contribution in [3.63, 3.8) is 0 Å². The van der Waals surface area contributed by atoms with Crippen LogP contribution in [-0.2, 0) is 16.1 Å². The number of hydrogen-bond acceptors (Lipinski definition) is 4. The summed E-state index contributed by atoms with van der Waals surface area (Å²) in [6, 6.07) is 7.85. The predicted octanol–water partition coefficient (Wildman–Crippen LogP) is 3.35. The number of rotatable bonds is 6. The molecule has 1 atom stereocenters. The van der Waals surface area contributed by atoms with E-state index < -0.39 is 5.54 Å². The fourth-order valence-corrected chi connectivity index (χ4v) is 4.95. The number of aromatic nitrogens is 1. The topological polar surface area (TPSA) is 72.8 Å². The minimum atomic E-state index is -0.996. The highest BCUT2D eigenvalue weighted by molar-refractivity contribution is 6.03. The molecule has 1 saturated carbocycles. The van der Waals surface area contributed by atoms with Crippen LogP contribution in [0.15, 0.2) is 24.3 Å². The SMILES string of the molecule is COCCN1C(=O)c2cc3ccc(OC)cc3n2C[C@]1(C)C(=O)NC1CCCCCC1. The number of carbonyl (C=O) groups is 2. The van der Waals surface area contributed by atoms with Crippen LogP contribution < -0.4 is 10.1 Å². The van der Waals surface area contributed by atoms with Crippen LogP contribution >= 0.6 is 0 Å². The Hall–Kier alpha value is -2.54. The lowest BCUT2D eigenvalue weighted by Gasteiger charge is -2.44. The van der Waals surface area contributed by atoms with Gasteiger partial charge >= 0.3 is 0 Å². The van der Waals surface area contributed by atoms with E-state index in [4.69, 9.17) is 9.47 Å². The lowest BCUT2D eigenvalue weighted by molar-refractivity contribution is -0.134. The smallest absolute Gasteiger partial charge is 0.271 e. The molecule has 7 nitrogen and oxygen atoms in total. The lowest BCUT2D eigenvalue weighted by atomic mass is 9.93. The number of nitrogens with zero attached hydrogens (tertiary/aromatic N) is 2.